The number of nitrogens with one attached hydrogen (secondary N) is 1. The van der Waals surface area contributed by atoms with Gasteiger partial charge in [-0.25, -0.2) is 9.97 Å². The van der Waals surface area contributed by atoms with Crippen LogP contribution in [0.5, 0.6) is 0 Å². The molecule has 21 heavy (non-hydrogen) atoms. The van der Waals surface area contributed by atoms with Crippen molar-refractivity contribution in [1.82, 2.24) is 20.2 Å². The summed E-state index contributed by atoms with van der Waals surface area (Å²) in [4.78, 5) is 9.69. The van der Waals surface area contributed by atoms with Crippen molar-refractivity contribution in [2.45, 2.75) is 6.18 Å². The molecule has 0 amide bonds. The molecule has 0 spiro atoms. The van der Waals surface area contributed by atoms with Crippen LogP contribution in [0.3, 0.4) is 0 Å². The van der Waals surface area contributed by atoms with Gasteiger partial charge in [0.1, 0.15) is 18.8 Å². The predicted octanol–water partition coefficient (Wildman–Crippen LogP) is 0.730. The zero-order valence-electron chi connectivity index (χ0n) is 11.0. The number of halogens is 3. The fourth-order valence-corrected chi connectivity index (χ4v) is 1.81. The number of aromatic amines is 1. The first-order valence-corrected chi connectivity index (χ1v) is 6.15. The Balaban J connectivity index is 2.03. The summed E-state index contributed by atoms with van der Waals surface area (Å²) in [7, 11) is 0. The molecule has 0 fully saturated rings. The second kappa shape index (κ2) is 6.68. The Hall–Kier alpha value is -1.94. The highest BCUT2D eigenvalue weighted by atomic mass is 19.4. The number of rotatable bonds is 7. The molecule has 0 bridgehead atoms. The van der Waals surface area contributed by atoms with Crippen LogP contribution in [0.25, 0.3) is 11.0 Å². The van der Waals surface area contributed by atoms with Gasteiger partial charge in [0, 0.05) is 13.1 Å². The molecule has 2 heterocycles. The van der Waals surface area contributed by atoms with Crippen molar-refractivity contribution in [3.05, 3.63) is 12.5 Å². The van der Waals surface area contributed by atoms with E-state index in [4.69, 9.17) is 5.11 Å². The molecular formula is C11H14F3N5O2. The minimum Gasteiger partial charge on any atom is -0.395 e. The second-order valence-corrected chi connectivity index (χ2v) is 4.21. The van der Waals surface area contributed by atoms with Crippen LogP contribution in [-0.2, 0) is 4.74 Å². The van der Waals surface area contributed by atoms with Crippen LogP contribution in [-0.4, -0.2) is 64.4 Å². The molecule has 116 valence electrons. The van der Waals surface area contributed by atoms with E-state index in [0.717, 1.165) is 0 Å². The van der Waals surface area contributed by atoms with Crippen LogP contribution >= 0.6 is 0 Å². The van der Waals surface area contributed by atoms with E-state index >= 15 is 0 Å². The van der Waals surface area contributed by atoms with Crippen LogP contribution < -0.4 is 4.90 Å². The van der Waals surface area contributed by atoms with Crippen LogP contribution in [0, 0.1) is 0 Å². The van der Waals surface area contributed by atoms with Gasteiger partial charge in [0.15, 0.2) is 5.65 Å². The van der Waals surface area contributed by atoms with Crippen LogP contribution in [0.4, 0.5) is 19.0 Å². The highest BCUT2D eigenvalue weighted by molar-refractivity contribution is 5.86. The number of aliphatic hydroxyl groups is 1. The zero-order valence-corrected chi connectivity index (χ0v) is 11.0. The third-order valence-electron chi connectivity index (χ3n) is 2.67. The first kappa shape index (κ1) is 15.4. The number of ether oxygens (including phenoxy) is 1. The van der Waals surface area contributed by atoms with Gasteiger partial charge in [-0.1, -0.05) is 0 Å². The molecule has 0 atom stereocenters. The Morgan fingerprint density at radius 3 is 2.81 bits per heavy atom. The number of nitrogens with zero attached hydrogens (tertiary/aromatic N) is 4. The number of H-pyrrole nitrogens is 1. The SMILES string of the molecule is OCCN(CCOCC(F)(F)F)c1ncnc2[nH]ncc12. The van der Waals surface area contributed by atoms with Gasteiger partial charge in [0.05, 0.1) is 24.8 Å². The second-order valence-electron chi connectivity index (χ2n) is 4.21. The maximum Gasteiger partial charge on any atom is 0.411 e. The Morgan fingerprint density at radius 2 is 2.10 bits per heavy atom. The normalized spacial score (nSPS) is 12.0. The fourth-order valence-electron chi connectivity index (χ4n) is 1.81. The van der Waals surface area contributed by atoms with Gasteiger partial charge >= 0.3 is 6.18 Å². The van der Waals surface area contributed by atoms with Crippen molar-refractivity contribution in [1.29, 1.82) is 0 Å². The maximum atomic E-state index is 12.0. The minimum atomic E-state index is -4.35. The smallest absolute Gasteiger partial charge is 0.395 e. The fraction of sp³-hybridized carbons (Fsp3) is 0.545. The van der Waals surface area contributed by atoms with Crippen molar-refractivity contribution in [2.75, 3.05) is 37.8 Å². The predicted molar refractivity (Wildman–Crippen MR) is 67.9 cm³/mol. The number of fused-ring (bicyclic) bond motifs is 1. The van der Waals surface area contributed by atoms with Gasteiger partial charge in [-0.2, -0.15) is 18.3 Å². The zero-order chi connectivity index (χ0) is 15.3. The third-order valence-corrected chi connectivity index (χ3v) is 2.67. The molecule has 2 N–H and O–H groups in total. The summed E-state index contributed by atoms with van der Waals surface area (Å²) >= 11 is 0. The summed E-state index contributed by atoms with van der Waals surface area (Å²) in [5, 5.41) is 16.2. The van der Waals surface area contributed by atoms with Gasteiger partial charge in [0.25, 0.3) is 0 Å². The molecule has 0 aliphatic heterocycles. The van der Waals surface area contributed by atoms with E-state index in [-0.39, 0.29) is 26.3 Å². The summed E-state index contributed by atoms with van der Waals surface area (Å²) in [5.74, 6) is 0.485. The van der Waals surface area contributed by atoms with Crippen LogP contribution in [0.1, 0.15) is 0 Å². The topological polar surface area (TPSA) is 87.2 Å². The summed E-state index contributed by atoms with van der Waals surface area (Å²) < 4.78 is 40.6. The number of aromatic nitrogens is 4. The lowest BCUT2D eigenvalue weighted by Gasteiger charge is -2.23. The Kier molecular flexibility index (Phi) is 4.91. The van der Waals surface area contributed by atoms with Crippen molar-refractivity contribution < 1.29 is 23.0 Å². The first-order valence-electron chi connectivity index (χ1n) is 6.15. The molecule has 0 saturated heterocycles. The summed E-state index contributed by atoms with van der Waals surface area (Å²) in [6.45, 7) is -1.23. The van der Waals surface area contributed by atoms with Crippen molar-refractivity contribution in [2.24, 2.45) is 0 Å². The minimum absolute atomic E-state index is 0.136. The molecule has 0 saturated carbocycles. The van der Waals surface area contributed by atoms with Crippen molar-refractivity contribution in [3.8, 4) is 0 Å². The standard InChI is InChI=1S/C11H14F3N5O2/c12-11(13,14)6-21-4-2-19(1-3-20)10-8-5-17-18-9(8)15-7-16-10/h5,7,20H,1-4,6H2,(H,15,16,17,18). The number of hydrogen-bond donors (Lipinski definition) is 2. The van der Waals surface area contributed by atoms with Gasteiger partial charge in [0.2, 0.25) is 0 Å². The van der Waals surface area contributed by atoms with E-state index in [9.17, 15) is 13.2 Å². The molecule has 0 aromatic carbocycles. The number of alkyl halides is 3. The highest BCUT2D eigenvalue weighted by Crippen LogP contribution is 2.20. The largest absolute Gasteiger partial charge is 0.411 e. The van der Waals surface area contributed by atoms with Crippen LogP contribution in [0.2, 0.25) is 0 Å². The van der Waals surface area contributed by atoms with Gasteiger partial charge < -0.3 is 14.7 Å². The Morgan fingerprint density at radius 1 is 1.29 bits per heavy atom. The lowest BCUT2D eigenvalue weighted by molar-refractivity contribution is -0.173. The Labute approximate surface area is 117 Å². The lowest BCUT2D eigenvalue weighted by atomic mass is 10.3. The van der Waals surface area contributed by atoms with E-state index in [0.29, 0.717) is 16.9 Å². The molecule has 2 rings (SSSR count). The van der Waals surface area contributed by atoms with E-state index in [1.807, 2.05) is 0 Å². The van der Waals surface area contributed by atoms with Crippen molar-refractivity contribution >= 4 is 16.9 Å². The molecule has 0 unspecified atom stereocenters. The molecule has 10 heteroatoms. The molecular weight excluding hydrogens is 291 g/mol. The monoisotopic (exact) mass is 305 g/mol. The van der Waals surface area contributed by atoms with Gasteiger partial charge in [-0.3, -0.25) is 5.10 Å². The average molecular weight is 305 g/mol. The van der Waals surface area contributed by atoms with Crippen LogP contribution in [0.15, 0.2) is 12.5 Å². The molecule has 0 aliphatic carbocycles. The van der Waals surface area contributed by atoms with Gasteiger partial charge in [-0.05, 0) is 0 Å². The number of anilines is 1. The third kappa shape index (κ3) is 4.26. The van der Waals surface area contributed by atoms with E-state index < -0.39 is 12.8 Å². The van der Waals surface area contributed by atoms with Crippen molar-refractivity contribution in [3.63, 3.8) is 0 Å². The maximum absolute atomic E-state index is 12.0. The average Bonchev–Trinajstić information content (AvgIpc) is 2.89. The van der Waals surface area contributed by atoms with E-state index in [1.165, 1.54) is 12.5 Å². The highest BCUT2D eigenvalue weighted by Gasteiger charge is 2.27. The van der Waals surface area contributed by atoms with Gasteiger partial charge in [-0.15, -0.1) is 0 Å². The summed E-state index contributed by atoms with van der Waals surface area (Å²) in [6, 6.07) is 0. The number of hydrogen-bond acceptors (Lipinski definition) is 6. The molecule has 7 nitrogen and oxygen atoms in total. The lowest BCUT2D eigenvalue weighted by Crippen LogP contribution is -2.32. The molecule has 0 radical (unpaired) electrons. The quantitative estimate of drug-likeness (QED) is 0.733. The number of aliphatic hydroxyl groups excluding tert-OH is 1. The van der Waals surface area contributed by atoms with E-state index in [2.05, 4.69) is 24.9 Å². The first-order chi connectivity index (χ1) is 10.0. The van der Waals surface area contributed by atoms with E-state index in [1.54, 1.807) is 4.90 Å². The molecule has 2 aromatic heterocycles. The Bertz CT molecular complexity index is 574. The summed E-state index contributed by atoms with van der Waals surface area (Å²) in [6.07, 6.45) is -1.52. The molecule has 0 aliphatic rings. The molecule has 2 aromatic rings. The summed E-state index contributed by atoms with van der Waals surface area (Å²) in [5.41, 5.74) is 0.513.